The first-order chi connectivity index (χ1) is 15.1. The number of rotatable bonds is 4. The van der Waals surface area contributed by atoms with Gasteiger partial charge in [-0.1, -0.05) is 55.3 Å². The number of aliphatic hydroxyl groups is 1. The van der Waals surface area contributed by atoms with E-state index in [-0.39, 0.29) is 54.7 Å². The Morgan fingerprint density at radius 1 is 1.06 bits per heavy atom. The number of nitrogens with zero attached hydrogens (tertiary/aromatic N) is 2. The largest absolute Gasteiger partial charge is 0.394 e. The minimum Gasteiger partial charge on any atom is -0.394 e. The summed E-state index contributed by atoms with van der Waals surface area (Å²) in [6.07, 6.45) is 3.99. The smallest absolute Gasteiger partial charge is 0.242 e. The Morgan fingerprint density at radius 2 is 1.77 bits per heavy atom. The maximum atomic E-state index is 14.1. The van der Waals surface area contributed by atoms with Crippen LogP contribution >= 0.6 is 0 Å². The molecule has 5 nitrogen and oxygen atoms in total. The number of benzene rings is 2. The second kappa shape index (κ2) is 8.08. The van der Waals surface area contributed by atoms with Gasteiger partial charge in [-0.05, 0) is 30.0 Å². The lowest BCUT2D eigenvalue weighted by Gasteiger charge is -2.59. The summed E-state index contributed by atoms with van der Waals surface area (Å²) in [5.41, 5.74) is 2.34. The first-order valence-corrected chi connectivity index (χ1v) is 11.1. The minimum absolute atomic E-state index is 0.0391. The van der Waals surface area contributed by atoms with Crippen LogP contribution in [0.2, 0.25) is 0 Å². The monoisotopic (exact) mass is 422 g/mol. The van der Waals surface area contributed by atoms with Crippen molar-refractivity contribution in [2.75, 3.05) is 19.7 Å². The van der Waals surface area contributed by atoms with Crippen LogP contribution in [-0.4, -0.2) is 58.5 Å². The van der Waals surface area contributed by atoms with E-state index >= 15 is 0 Å². The van der Waals surface area contributed by atoms with E-state index in [0.29, 0.717) is 12.1 Å². The Kier molecular flexibility index (Phi) is 5.26. The van der Waals surface area contributed by atoms with E-state index in [4.69, 9.17) is 0 Å². The molecule has 5 rings (SSSR count). The van der Waals surface area contributed by atoms with Crippen LogP contribution in [0.5, 0.6) is 0 Å². The average Bonchev–Trinajstić information content (AvgIpc) is 3.30. The summed E-state index contributed by atoms with van der Waals surface area (Å²) in [6.45, 7) is 0.511. The van der Waals surface area contributed by atoms with Crippen LogP contribution in [0.4, 0.5) is 4.39 Å². The maximum absolute atomic E-state index is 14.1. The van der Waals surface area contributed by atoms with Gasteiger partial charge in [-0.2, -0.15) is 0 Å². The van der Waals surface area contributed by atoms with E-state index < -0.39 is 0 Å². The zero-order valence-electron chi connectivity index (χ0n) is 17.4. The SMILES string of the molecule is O=C(C1CCCC1)N1CC(=O)N2[C@H](CO)[C@H](c3ccc(-c4ccccc4F)cc3)[C@H]2C1. The number of halogens is 1. The van der Waals surface area contributed by atoms with Gasteiger partial charge in [0.25, 0.3) is 0 Å². The third-order valence-electron chi connectivity index (χ3n) is 7.25. The number of fused-ring (bicyclic) bond motifs is 1. The zero-order valence-corrected chi connectivity index (χ0v) is 17.4. The lowest BCUT2D eigenvalue weighted by Crippen LogP contribution is -2.73. The normalized spacial score (nSPS) is 26.0. The highest BCUT2D eigenvalue weighted by Gasteiger charge is 2.54. The molecule has 2 heterocycles. The highest BCUT2D eigenvalue weighted by atomic mass is 19.1. The summed E-state index contributed by atoms with van der Waals surface area (Å²) in [5, 5.41) is 9.97. The lowest BCUT2D eigenvalue weighted by molar-refractivity contribution is -0.168. The van der Waals surface area contributed by atoms with Crippen molar-refractivity contribution in [3.63, 3.8) is 0 Å². The molecule has 1 saturated carbocycles. The molecule has 0 radical (unpaired) electrons. The Bertz CT molecular complexity index is 987. The quantitative estimate of drug-likeness (QED) is 0.823. The topological polar surface area (TPSA) is 60.9 Å². The van der Waals surface area contributed by atoms with E-state index in [1.807, 2.05) is 30.3 Å². The summed E-state index contributed by atoms with van der Waals surface area (Å²) >= 11 is 0. The number of aliphatic hydroxyl groups excluding tert-OH is 1. The van der Waals surface area contributed by atoms with Crippen molar-refractivity contribution in [1.82, 2.24) is 9.80 Å². The van der Waals surface area contributed by atoms with E-state index in [0.717, 1.165) is 36.8 Å². The van der Waals surface area contributed by atoms with Gasteiger partial charge in [-0.15, -0.1) is 0 Å². The van der Waals surface area contributed by atoms with Gasteiger partial charge < -0.3 is 14.9 Å². The van der Waals surface area contributed by atoms with Crippen LogP contribution in [0.1, 0.15) is 37.2 Å². The van der Waals surface area contributed by atoms with Gasteiger partial charge in [0, 0.05) is 23.9 Å². The van der Waals surface area contributed by atoms with E-state index in [1.165, 1.54) is 6.07 Å². The van der Waals surface area contributed by atoms with Gasteiger partial charge in [0.15, 0.2) is 0 Å². The zero-order chi connectivity index (χ0) is 21.5. The highest BCUT2D eigenvalue weighted by Crippen LogP contribution is 2.43. The van der Waals surface area contributed by atoms with Crippen LogP contribution in [0, 0.1) is 11.7 Å². The predicted molar refractivity (Wildman–Crippen MR) is 115 cm³/mol. The average molecular weight is 423 g/mol. The Balaban J connectivity index is 1.38. The predicted octanol–water partition coefficient (Wildman–Crippen LogP) is 3.18. The molecule has 162 valence electrons. The van der Waals surface area contributed by atoms with Crippen molar-refractivity contribution in [3.8, 4) is 11.1 Å². The van der Waals surface area contributed by atoms with Gasteiger partial charge >= 0.3 is 0 Å². The molecule has 2 aromatic carbocycles. The fraction of sp³-hybridized carbons (Fsp3) is 0.440. The second-order valence-corrected chi connectivity index (χ2v) is 8.95. The van der Waals surface area contributed by atoms with Crippen LogP contribution in [0.15, 0.2) is 48.5 Å². The van der Waals surface area contributed by atoms with E-state index in [2.05, 4.69) is 0 Å². The third kappa shape index (κ3) is 3.43. The fourth-order valence-electron chi connectivity index (χ4n) is 5.68. The fourth-order valence-corrected chi connectivity index (χ4v) is 5.68. The molecule has 31 heavy (non-hydrogen) atoms. The second-order valence-electron chi connectivity index (χ2n) is 8.95. The first-order valence-electron chi connectivity index (χ1n) is 11.1. The van der Waals surface area contributed by atoms with E-state index in [1.54, 1.807) is 21.9 Å². The number of carbonyl (C=O) groups is 2. The van der Waals surface area contributed by atoms with Gasteiger partial charge in [0.1, 0.15) is 5.82 Å². The van der Waals surface area contributed by atoms with Crippen LogP contribution in [0.3, 0.4) is 0 Å². The standard InChI is InChI=1S/C25H27FN2O3/c26-20-8-4-3-7-19(20)16-9-11-17(12-10-16)24-21-13-27(25(31)18-5-1-2-6-18)14-23(30)28(21)22(24)15-29/h3-4,7-12,18,21-22,24,29H,1-2,5-6,13-15H2/t21-,22-,24-/m1/s1. The molecule has 2 saturated heterocycles. The van der Waals surface area contributed by atoms with Gasteiger partial charge in [-0.3, -0.25) is 9.59 Å². The van der Waals surface area contributed by atoms with Gasteiger partial charge in [0.05, 0.1) is 25.2 Å². The van der Waals surface area contributed by atoms with E-state index in [9.17, 15) is 19.1 Å². The molecule has 0 bridgehead atoms. The van der Waals surface area contributed by atoms with Gasteiger partial charge in [0.2, 0.25) is 11.8 Å². The van der Waals surface area contributed by atoms with Gasteiger partial charge in [-0.25, -0.2) is 4.39 Å². The van der Waals surface area contributed by atoms with Crippen LogP contribution < -0.4 is 0 Å². The summed E-state index contributed by atoms with van der Waals surface area (Å²) in [7, 11) is 0. The van der Waals surface area contributed by atoms with Crippen molar-refractivity contribution in [3.05, 3.63) is 59.9 Å². The summed E-state index contributed by atoms with van der Waals surface area (Å²) in [4.78, 5) is 29.2. The summed E-state index contributed by atoms with van der Waals surface area (Å²) in [5.74, 6) is -0.237. The highest BCUT2D eigenvalue weighted by molar-refractivity contribution is 5.88. The number of hydrogen-bond acceptors (Lipinski definition) is 3. The molecule has 3 atom stereocenters. The molecule has 3 fully saturated rings. The van der Waals surface area contributed by atoms with Crippen molar-refractivity contribution >= 4 is 11.8 Å². The summed E-state index contributed by atoms with van der Waals surface area (Å²) < 4.78 is 14.1. The van der Waals surface area contributed by atoms with Crippen LogP contribution in [-0.2, 0) is 9.59 Å². The lowest BCUT2D eigenvalue weighted by atomic mass is 9.73. The molecule has 0 aromatic heterocycles. The number of amides is 2. The Morgan fingerprint density at radius 3 is 2.45 bits per heavy atom. The Hall–Kier alpha value is -2.73. The molecule has 2 aromatic rings. The molecule has 1 N–H and O–H groups in total. The first kappa shape index (κ1) is 20.2. The van der Waals surface area contributed by atoms with Crippen molar-refractivity contribution < 1.29 is 19.1 Å². The molecule has 3 aliphatic rings. The minimum atomic E-state index is -0.277. The third-order valence-corrected chi connectivity index (χ3v) is 7.25. The van der Waals surface area contributed by atoms with Crippen molar-refractivity contribution in [2.45, 2.75) is 43.7 Å². The molecule has 6 heteroatoms. The van der Waals surface area contributed by atoms with Crippen molar-refractivity contribution in [2.24, 2.45) is 5.92 Å². The molecule has 2 amide bonds. The molecule has 0 spiro atoms. The Labute approximate surface area is 181 Å². The van der Waals surface area contributed by atoms with Crippen LogP contribution in [0.25, 0.3) is 11.1 Å². The molecule has 1 aliphatic carbocycles. The number of piperazine rings is 1. The number of hydrogen-bond donors (Lipinski definition) is 1. The maximum Gasteiger partial charge on any atom is 0.242 e. The van der Waals surface area contributed by atoms with Crippen molar-refractivity contribution in [1.29, 1.82) is 0 Å². The summed E-state index contributed by atoms with van der Waals surface area (Å²) in [6, 6.07) is 13.9. The molecular weight excluding hydrogens is 395 g/mol. The molecular formula is C25H27FN2O3. The molecule has 0 unspecified atom stereocenters. The number of carbonyl (C=O) groups excluding carboxylic acids is 2. The molecule has 2 aliphatic heterocycles.